The number of hydrogen-bond acceptors (Lipinski definition) is 5. The Labute approximate surface area is 190 Å². The van der Waals surface area contributed by atoms with Crippen molar-refractivity contribution < 1.29 is 19.1 Å². The van der Waals surface area contributed by atoms with Crippen LogP contribution in [0.3, 0.4) is 0 Å². The highest BCUT2D eigenvalue weighted by Gasteiger charge is 2.19. The molecule has 1 fully saturated rings. The van der Waals surface area contributed by atoms with Gasteiger partial charge in [-0.05, 0) is 62.9 Å². The van der Waals surface area contributed by atoms with Crippen LogP contribution in [0.1, 0.15) is 43.0 Å². The first-order valence-corrected chi connectivity index (χ1v) is 11.4. The maximum absolute atomic E-state index is 13.0. The largest absolute Gasteiger partial charge is 0.484 e. The van der Waals surface area contributed by atoms with Gasteiger partial charge in [0, 0.05) is 44.2 Å². The summed E-state index contributed by atoms with van der Waals surface area (Å²) in [6.45, 7) is 5.54. The SMILES string of the molecule is CCOCCCNC(=O)c1cc(NC(=O)COc2ccccc2)ccc1N1CCCCC1. The Balaban J connectivity index is 1.66. The zero-order chi connectivity index (χ0) is 22.6. The van der Waals surface area contributed by atoms with Gasteiger partial charge in [0.25, 0.3) is 11.8 Å². The molecule has 0 spiro atoms. The quantitative estimate of drug-likeness (QED) is 0.520. The zero-order valence-electron chi connectivity index (χ0n) is 18.8. The van der Waals surface area contributed by atoms with Gasteiger partial charge in [0.05, 0.1) is 5.56 Å². The van der Waals surface area contributed by atoms with Crippen molar-refractivity contribution in [2.24, 2.45) is 0 Å². The fourth-order valence-electron chi connectivity index (χ4n) is 3.68. The normalized spacial score (nSPS) is 13.5. The Kier molecular flexibility index (Phi) is 9.37. The van der Waals surface area contributed by atoms with E-state index in [-0.39, 0.29) is 18.4 Å². The van der Waals surface area contributed by atoms with Crippen LogP contribution < -0.4 is 20.3 Å². The van der Waals surface area contributed by atoms with E-state index in [1.807, 2.05) is 37.3 Å². The van der Waals surface area contributed by atoms with E-state index in [1.165, 1.54) is 6.42 Å². The van der Waals surface area contributed by atoms with Gasteiger partial charge in [0.2, 0.25) is 0 Å². The van der Waals surface area contributed by atoms with Crippen LogP contribution in [0.5, 0.6) is 5.75 Å². The summed E-state index contributed by atoms with van der Waals surface area (Å²) in [6.07, 6.45) is 4.20. The molecule has 2 aromatic carbocycles. The predicted octanol–water partition coefficient (Wildman–Crippen LogP) is 3.85. The van der Waals surface area contributed by atoms with Crippen molar-refractivity contribution in [3.8, 4) is 5.75 Å². The first kappa shape index (κ1) is 23.6. The van der Waals surface area contributed by atoms with Crippen molar-refractivity contribution in [2.45, 2.75) is 32.6 Å². The second kappa shape index (κ2) is 12.7. The average molecular weight is 440 g/mol. The Morgan fingerprint density at radius 3 is 2.56 bits per heavy atom. The second-order valence-corrected chi connectivity index (χ2v) is 7.74. The summed E-state index contributed by atoms with van der Waals surface area (Å²) >= 11 is 0. The van der Waals surface area contributed by atoms with E-state index in [0.29, 0.717) is 36.8 Å². The first-order valence-electron chi connectivity index (χ1n) is 11.4. The molecule has 2 N–H and O–H groups in total. The number of anilines is 2. The Hall–Kier alpha value is -3.06. The molecule has 2 aromatic rings. The molecular weight excluding hydrogens is 406 g/mol. The molecule has 0 aromatic heterocycles. The Morgan fingerprint density at radius 2 is 1.81 bits per heavy atom. The molecule has 0 bridgehead atoms. The summed E-state index contributed by atoms with van der Waals surface area (Å²) in [5, 5.41) is 5.82. The number of nitrogens with zero attached hydrogens (tertiary/aromatic N) is 1. The Bertz CT molecular complexity index is 867. The fraction of sp³-hybridized carbons (Fsp3) is 0.440. The van der Waals surface area contributed by atoms with E-state index < -0.39 is 0 Å². The van der Waals surface area contributed by atoms with Gasteiger partial charge in [-0.3, -0.25) is 9.59 Å². The van der Waals surface area contributed by atoms with Gasteiger partial charge >= 0.3 is 0 Å². The lowest BCUT2D eigenvalue weighted by molar-refractivity contribution is -0.118. The van der Waals surface area contributed by atoms with Crippen LogP contribution in [0.2, 0.25) is 0 Å². The number of amides is 2. The molecule has 1 aliphatic rings. The highest BCUT2D eigenvalue weighted by atomic mass is 16.5. The summed E-state index contributed by atoms with van der Waals surface area (Å²) in [7, 11) is 0. The van der Waals surface area contributed by atoms with Gasteiger partial charge in [-0.2, -0.15) is 0 Å². The Morgan fingerprint density at radius 1 is 1.03 bits per heavy atom. The number of piperidine rings is 1. The minimum absolute atomic E-state index is 0.100. The van der Waals surface area contributed by atoms with E-state index >= 15 is 0 Å². The smallest absolute Gasteiger partial charge is 0.262 e. The molecule has 172 valence electrons. The van der Waals surface area contributed by atoms with Crippen LogP contribution in [-0.2, 0) is 9.53 Å². The number of carbonyl (C=O) groups excluding carboxylic acids is 2. The number of hydrogen-bond donors (Lipinski definition) is 2. The zero-order valence-corrected chi connectivity index (χ0v) is 18.8. The summed E-state index contributed by atoms with van der Waals surface area (Å²) in [6, 6.07) is 14.7. The van der Waals surface area contributed by atoms with E-state index in [1.54, 1.807) is 18.2 Å². The molecule has 0 saturated carbocycles. The first-order chi connectivity index (χ1) is 15.7. The van der Waals surface area contributed by atoms with Crippen molar-refractivity contribution >= 4 is 23.2 Å². The van der Waals surface area contributed by atoms with Gasteiger partial charge in [0.1, 0.15) is 5.75 Å². The summed E-state index contributed by atoms with van der Waals surface area (Å²) in [5.41, 5.74) is 2.06. The highest BCUT2D eigenvalue weighted by Crippen LogP contribution is 2.27. The third-order valence-corrected chi connectivity index (χ3v) is 5.29. The van der Waals surface area contributed by atoms with E-state index in [0.717, 1.165) is 38.0 Å². The van der Waals surface area contributed by atoms with Crippen molar-refractivity contribution in [3.05, 3.63) is 54.1 Å². The third-order valence-electron chi connectivity index (χ3n) is 5.29. The molecule has 0 aliphatic carbocycles. The molecule has 0 unspecified atom stereocenters. The predicted molar refractivity (Wildman–Crippen MR) is 127 cm³/mol. The number of benzene rings is 2. The number of ether oxygens (including phenoxy) is 2. The standard InChI is InChI=1S/C25H33N3O4/c1-2-31-17-9-14-26-25(30)22-18-20(12-13-23(22)28-15-7-4-8-16-28)27-24(29)19-32-21-10-5-3-6-11-21/h3,5-6,10-13,18H,2,4,7-9,14-17,19H2,1H3,(H,26,30)(H,27,29). The molecule has 32 heavy (non-hydrogen) atoms. The van der Waals surface area contributed by atoms with Gasteiger partial charge in [-0.25, -0.2) is 0 Å². The van der Waals surface area contributed by atoms with Crippen LogP contribution in [-0.4, -0.2) is 51.3 Å². The summed E-state index contributed by atoms with van der Waals surface area (Å²) in [5.74, 6) is 0.219. The number of para-hydroxylation sites is 1. The molecule has 1 heterocycles. The molecule has 7 nitrogen and oxygen atoms in total. The van der Waals surface area contributed by atoms with Gasteiger partial charge in [-0.1, -0.05) is 18.2 Å². The summed E-state index contributed by atoms with van der Waals surface area (Å²) in [4.78, 5) is 27.6. The monoisotopic (exact) mass is 439 g/mol. The number of rotatable bonds is 11. The lowest BCUT2D eigenvalue weighted by Crippen LogP contribution is -2.33. The highest BCUT2D eigenvalue weighted by molar-refractivity contribution is 6.02. The van der Waals surface area contributed by atoms with E-state index in [4.69, 9.17) is 9.47 Å². The van der Waals surface area contributed by atoms with Crippen LogP contribution in [0.15, 0.2) is 48.5 Å². The molecule has 0 atom stereocenters. The molecular formula is C25H33N3O4. The molecule has 1 aliphatic heterocycles. The number of nitrogens with one attached hydrogen (secondary N) is 2. The van der Waals surface area contributed by atoms with Crippen molar-refractivity contribution in [2.75, 3.05) is 49.7 Å². The third kappa shape index (κ3) is 7.27. The minimum Gasteiger partial charge on any atom is -0.484 e. The van der Waals surface area contributed by atoms with Crippen LogP contribution >= 0.6 is 0 Å². The average Bonchev–Trinajstić information content (AvgIpc) is 2.83. The minimum atomic E-state index is -0.275. The van der Waals surface area contributed by atoms with E-state index in [9.17, 15) is 9.59 Å². The van der Waals surface area contributed by atoms with E-state index in [2.05, 4.69) is 15.5 Å². The molecule has 2 amide bonds. The fourth-order valence-corrected chi connectivity index (χ4v) is 3.68. The van der Waals surface area contributed by atoms with Crippen LogP contribution in [0, 0.1) is 0 Å². The molecule has 1 saturated heterocycles. The van der Waals surface area contributed by atoms with Crippen molar-refractivity contribution in [3.63, 3.8) is 0 Å². The van der Waals surface area contributed by atoms with Crippen LogP contribution in [0.25, 0.3) is 0 Å². The summed E-state index contributed by atoms with van der Waals surface area (Å²) < 4.78 is 10.8. The van der Waals surface area contributed by atoms with Crippen molar-refractivity contribution in [1.82, 2.24) is 5.32 Å². The van der Waals surface area contributed by atoms with Gasteiger partial charge in [0.15, 0.2) is 6.61 Å². The van der Waals surface area contributed by atoms with Gasteiger partial charge in [-0.15, -0.1) is 0 Å². The number of carbonyl (C=O) groups is 2. The second-order valence-electron chi connectivity index (χ2n) is 7.74. The topological polar surface area (TPSA) is 79.9 Å². The molecule has 3 rings (SSSR count). The van der Waals surface area contributed by atoms with Gasteiger partial charge < -0.3 is 25.0 Å². The maximum atomic E-state index is 13.0. The lowest BCUT2D eigenvalue weighted by atomic mass is 10.1. The van der Waals surface area contributed by atoms with Crippen LogP contribution in [0.4, 0.5) is 11.4 Å². The van der Waals surface area contributed by atoms with Crippen molar-refractivity contribution in [1.29, 1.82) is 0 Å². The molecule has 7 heteroatoms. The lowest BCUT2D eigenvalue weighted by Gasteiger charge is -2.30. The molecule has 0 radical (unpaired) electrons. The maximum Gasteiger partial charge on any atom is 0.262 e.